The highest BCUT2D eigenvalue weighted by atomic mass is 16.6. The molecular formula is C18H18N2O5. The molecule has 0 aliphatic carbocycles. The van der Waals surface area contributed by atoms with E-state index in [2.05, 4.69) is 10.5 Å². The van der Waals surface area contributed by atoms with Crippen LogP contribution in [0.1, 0.15) is 12.0 Å². The Bertz CT molecular complexity index is 819. The summed E-state index contributed by atoms with van der Waals surface area (Å²) in [7, 11) is 3.10. The summed E-state index contributed by atoms with van der Waals surface area (Å²) in [5.74, 6) is 0.853. The predicted octanol–water partition coefficient (Wildman–Crippen LogP) is 2.54. The van der Waals surface area contributed by atoms with Gasteiger partial charge in [-0.2, -0.15) is 0 Å². The molecule has 2 N–H and O–H groups in total. The maximum absolute atomic E-state index is 12.3. The third kappa shape index (κ3) is 3.50. The highest BCUT2D eigenvalue weighted by Gasteiger charge is 2.31. The summed E-state index contributed by atoms with van der Waals surface area (Å²) in [5.41, 5.74) is 1.81. The van der Waals surface area contributed by atoms with Crippen molar-refractivity contribution in [2.24, 2.45) is 5.16 Å². The molecule has 7 heteroatoms. The normalized spacial score (nSPS) is 15.9. The molecule has 130 valence electrons. The fourth-order valence-corrected chi connectivity index (χ4v) is 2.60. The summed E-state index contributed by atoms with van der Waals surface area (Å²) in [6.45, 7) is 0. The van der Waals surface area contributed by atoms with Crippen LogP contribution >= 0.6 is 0 Å². The number of carbonyl (C=O) groups is 1. The highest BCUT2D eigenvalue weighted by Crippen LogP contribution is 2.33. The van der Waals surface area contributed by atoms with Gasteiger partial charge in [-0.3, -0.25) is 4.79 Å². The minimum absolute atomic E-state index is 0.0724. The van der Waals surface area contributed by atoms with Crippen LogP contribution in [0.15, 0.2) is 47.6 Å². The minimum atomic E-state index is -0.756. The van der Waals surface area contributed by atoms with Gasteiger partial charge in [0.1, 0.15) is 5.75 Å². The van der Waals surface area contributed by atoms with Gasteiger partial charge in [0.25, 0.3) is 5.91 Å². The number of methoxy groups -OCH3 is 2. The topological polar surface area (TPSA) is 89.4 Å². The summed E-state index contributed by atoms with van der Waals surface area (Å²) in [6, 6.07) is 11.7. The summed E-state index contributed by atoms with van der Waals surface area (Å²) < 4.78 is 10.7. The van der Waals surface area contributed by atoms with E-state index in [1.54, 1.807) is 32.4 Å². The molecule has 0 unspecified atom stereocenters. The number of amides is 1. The molecule has 0 spiro atoms. The van der Waals surface area contributed by atoms with E-state index in [0.29, 0.717) is 29.3 Å². The highest BCUT2D eigenvalue weighted by molar-refractivity contribution is 6.08. The number of ether oxygens (including phenoxy) is 2. The maximum Gasteiger partial charge on any atom is 0.268 e. The molecule has 2 aromatic carbocycles. The molecule has 1 amide bonds. The number of para-hydroxylation sites is 1. The zero-order chi connectivity index (χ0) is 17.8. The van der Waals surface area contributed by atoms with E-state index >= 15 is 0 Å². The van der Waals surface area contributed by atoms with Crippen LogP contribution in [0.5, 0.6) is 17.2 Å². The van der Waals surface area contributed by atoms with E-state index in [1.807, 2.05) is 12.1 Å². The molecule has 1 aliphatic heterocycles. The fourth-order valence-electron chi connectivity index (χ4n) is 2.60. The first-order valence-electron chi connectivity index (χ1n) is 7.66. The van der Waals surface area contributed by atoms with Crippen molar-refractivity contribution in [3.05, 3.63) is 48.0 Å². The van der Waals surface area contributed by atoms with Crippen molar-refractivity contribution in [2.45, 2.75) is 12.5 Å². The number of phenols is 1. The number of oxime groups is 1. The van der Waals surface area contributed by atoms with E-state index in [9.17, 15) is 9.90 Å². The Kier molecular flexibility index (Phi) is 4.74. The smallest absolute Gasteiger partial charge is 0.268 e. The van der Waals surface area contributed by atoms with Crippen LogP contribution in [-0.4, -0.2) is 37.0 Å². The van der Waals surface area contributed by atoms with Crippen molar-refractivity contribution in [3.8, 4) is 17.2 Å². The molecule has 0 saturated heterocycles. The number of nitrogens with one attached hydrogen (secondary N) is 1. The largest absolute Gasteiger partial charge is 0.508 e. The SMILES string of the molecule is COc1cccc(C2=NO[C@H](C(=O)Nc3cccc(O)c3)C2)c1OC. The Morgan fingerprint density at radius 3 is 2.76 bits per heavy atom. The van der Waals surface area contributed by atoms with Gasteiger partial charge in [-0.1, -0.05) is 17.3 Å². The first-order chi connectivity index (χ1) is 12.1. The van der Waals surface area contributed by atoms with Crippen LogP contribution in [0.4, 0.5) is 5.69 Å². The van der Waals surface area contributed by atoms with Crippen molar-refractivity contribution in [3.63, 3.8) is 0 Å². The van der Waals surface area contributed by atoms with Crippen molar-refractivity contribution in [1.82, 2.24) is 0 Å². The average molecular weight is 342 g/mol. The number of nitrogens with zero attached hydrogens (tertiary/aromatic N) is 1. The van der Waals surface area contributed by atoms with Gasteiger partial charge in [0.15, 0.2) is 11.5 Å². The fraction of sp³-hybridized carbons (Fsp3) is 0.222. The van der Waals surface area contributed by atoms with E-state index in [0.717, 1.165) is 5.56 Å². The van der Waals surface area contributed by atoms with Crippen LogP contribution in [0.3, 0.4) is 0 Å². The lowest BCUT2D eigenvalue weighted by Crippen LogP contribution is -2.28. The van der Waals surface area contributed by atoms with Gasteiger partial charge in [-0.25, -0.2) is 0 Å². The molecular weight excluding hydrogens is 324 g/mol. The first kappa shape index (κ1) is 16.6. The van der Waals surface area contributed by atoms with Crippen LogP contribution in [-0.2, 0) is 9.63 Å². The Hall–Kier alpha value is -3.22. The number of hydrogen-bond acceptors (Lipinski definition) is 6. The number of hydrogen-bond donors (Lipinski definition) is 2. The predicted molar refractivity (Wildman–Crippen MR) is 92.3 cm³/mol. The number of benzene rings is 2. The monoisotopic (exact) mass is 342 g/mol. The second-order valence-corrected chi connectivity index (χ2v) is 5.42. The van der Waals surface area contributed by atoms with E-state index in [-0.39, 0.29) is 11.7 Å². The molecule has 0 radical (unpaired) electrons. The first-order valence-corrected chi connectivity index (χ1v) is 7.66. The van der Waals surface area contributed by atoms with Crippen molar-refractivity contribution < 1.29 is 24.2 Å². The van der Waals surface area contributed by atoms with Crippen molar-refractivity contribution in [1.29, 1.82) is 0 Å². The number of carbonyl (C=O) groups excluding carboxylic acids is 1. The van der Waals surface area contributed by atoms with E-state index < -0.39 is 6.10 Å². The van der Waals surface area contributed by atoms with Crippen molar-refractivity contribution in [2.75, 3.05) is 19.5 Å². The number of phenolic OH excluding ortho intramolecular Hbond substituents is 1. The van der Waals surface area contributed by atoms with Gasteiger partial charge in [-0.05, 0) is 24.3 Å². The molecule has 0 fully saturated rings. The lowest BCUT2D eigenvalue weighted by molar-refractivity contribution is -0.125. The minimum Gasteiger partial charge on any atom is -0.508 e. The third-order valence-electron chi connectivity index (χ3n) is 3.79. The molecule has 0 bridgehead atoms. The molecule has 0 aromatic heterocycles. The number of rotatable bonds is 5. The quantitative estimate of drug-likeness (QED) is 0.871. The lowest BCUT2D eigenvalue weighted by atomic mass is 10.0. The maximum atomic E-state index is 12.3. The molecule has 1 atom stereocenters. The number of anilines is 1. The Labute approximate surface area is 144 Å². The van der Waals surface area contributed by atoms with E-state index in [1.165, 1.54) is 12.1 Å². The standard InChI is InChI=1S/C18H18N2O5/c1-23-15-8-4-7-13(17(15)24-2)14-10-16(25-20-14)18(22)19-11-5-3-6-12(21)9-11/h3-9,16,21H,10H2,1-2H3,(H,19,22)/t16-/m0/s1. The van der Waals surface area contributed by atoms with Crippen LogP contribution in [0.2, 0.25) is 0 Å². The number of aromatic hydroxyl groups is 1. The molecule has 7 nitrogen and oxygen atoms in total. The van der Waals surface area contributed by atoms with Gasteiger partial charge >= 0.3 is 0 Å². The zero-order valence-corrected chi connectivity index (χ0v) is 13.9. The van der Waals surface area contributed by atoms with Crippen LogP contribution in [0, 0.1) is 0 Å². The van der Waals surface area contributed by atoms with E-state index in [4.69, 9.17) is 14.3 Å². The van der Waals surface area contributed by atoms with Gasteiger partial charge in [0, 0.05) is 23.7 Å². The van der Waals surface area contributed by atoms with Gasteiger partial charge < -0.3 is 24.7 Å². The summed E-state index contributed by atoms with van der Waals surface area (Å²) in [4.78, 5) is 17.6. The molecule has 2 aromatic rings. The molecule has 3 rings (SSSR count). The van der Waals surface area contributed by atoms with Crippen LogP contribution in [0.25, 0.3) is 0 Å². The Balaban J connectivity index is 1.72. The molecule has 0 saturated carbocycles. The average Bonchev–Trinajstić information content (AvgIpc) is 3.11. The second kappa shape index (κ2) is 7.12. The lowest BCUT2D eigenvalue weighted by Gasteiger charge is -2.12. The van der Waals surface area contributed by atoms with Gasteiger partial charge in [0.05, 0.1) is 19.9 Å². The third-order valence-corrected chi connectivity index (χ3v) is 3.79. The second-order valence-electron chi connectivity index (χ2n) is 5.42. The summed E-state index contributed by atoms with van der Waals surface area (Å²) in [5, 5.41) is 16.2. The van der Waals surface area contributed by atoms with Gasteiger partial charge in [-0.15, -0.1) is 0 Å². The Morgan fingerprint density at radius 2 is 2.04 bits per heavy atom. The molecule has 1 aliphatic rings. The Morgan fingerprint density at radius 1 is 1.24 bits per heavy atom. The van der Waals surface area contributed by atoms with Crippen LogP contribution < -0.4 is 14.8 Å². The van der Waals surface area contributed by atoms with Gasteiger partial charge in [0.2, 0.25) is 6.10 Å². The molecule has 25 heavy (non-hydrogen) atoms. The zero-order valence-electron chi connectivity index (χ0n) is 13.9. The molecule has 1 heterocycles. The van der Waals surface area contributed by atoms with Crippen molar-refractivity contribution >= 4 is 17.3 Å². The summed E-state index contributed by atoms with van der Waals surface area (Å²) in [6.07, 6.45) is -0.456. The summed E-state index contributed by atoms with van der Waals surface area (Å²) >= 11 is 0.